The molecule has 2 N–H and O–H groups in total. The Balaban J connectivity index is 1.54. The highest BCUT2D eigenvalue weighted by atomic mass is 16.2. The van der Waals surface area contributed by atoms with E-state index in [0.29, 0.717) is 25.3 Å². The number of amides is 2. The number of aromatic amines is 1. The summed E-state index contributed by atoms with van der Waals surface area (Å²) in [4.78, 5) is 52.5. The summed E-state index contributed by atoms with van der Waals surface area (Å²) in [6.07, 6.45) is 6.82. The molecule has 164 valence electrons. The predicted octanol–water partition coefficient (Wildman–Crippen LogP) is 0.913. The van der Waals surface area contributed by atoms with E-state index in [-0.39, 0.29) is 30.0 Å². The molecule has 0 spiro atoms. The molecule has 0 bridgehead atoms. The lowest BCUT2D eigenvalue weighted by atomic mass is 10.00. The molecule has 1 atom stereocenters. The molecule has 4 heterocycles. The average Bonchev–Trinajstić information content (AvgIpc) is 2.78. The van der Waals surface area contributed by atoms with Gasteiger partial charge in [0.05, 0.1) is 18.3 Å². The van der Waals surface area contributed by atoms with Crippen molar-refractivity contribution in [1.29, 1.82) is 0 Å². The fraction of sp³-hybridized carbons (Fsp3) is 0.500. The van der Waals surface area contributed by atoms with E-state index in [1.807, 2.05) is 12.1 Å². The van der Waals surface area contributed by atoms with E-state index in [1.165, 1.54) is 12.5 Å². The Morgan fingerprint density at radius 1 is 1.23 bits per heavy atom. The summed E-state index contributed by atoms with van der Waals surface area (Å²) in [6.45, 7) is 4.11. The maximum atomic E-state index is 12.8. The first-order valence-electron chi connectivity index (χ1n) is 10.8. The van der Waals surface area contributed by atoms with Gasteiger partial charge in [-0.15, -0.1) is 0 Å². The minimum Gasteiger partial charge on any atom is -0.347 e. The predicted molar refractivity (Wildman–Crippen MR) is 114 cm³/mol. The fourth-order valence-corrected chi connectivity index (χ4v) is 4.37. The zero-order chi connectivity index (χ0) is 21.8. The van der Waals surface area contributed by atoms with Crippen molar-refractivity contribution >= 4 is 11.8 Å². The largest absolute Gasteiger partial charge is 0.347 e. The van der Waals surface area contributed by atoms with Gasteiger partial charge in [-0.25, -0.2) is 4.98 Å². The number of fused-ring (bicyclic) bond motifs is 1. The topological polar surface area (TPSA) is 111 Å². The van der Waals surface area contributed by atoms with E-state index in [4.69, 9.17) is 4.98 Å². The third-order valence-electron chi connectivity index (χ3n) is 5.95. The number of hydrogen-bond acceptors (Lipinski definition) is 6. The van der Waals surface area contributed by atoms with Crippen molar-refractivity contribution in [2.45, 2.75) is 51.7 Å². The van der Waals surface area contributed by atoms with Crippen LogP contribution >= 0.6 is 0 Å². The maximum Gasteiger partial charge on any atom is 0.254 e. The van der Waals surface area contributed by atoms with Crippen LogP contribution in [0, 0.1) is 0 Å². The van der Waals surface area contributed by atoms with E-state index in [0.717, 1.165) is 43.6 Å². The number of carbonyl (C=O) groups excluding carboxylic acids is 2. The highest BCUT2D eigenvalue weighted by molar-refractivity contribution is 5.84. The second kappa shape index (κ2) is 9.38. The Kier molecular flexibility index (Phi) is 6.41. The van der Waals surface area contributed by atoms with Gasteiger partial charge in [0.15, 0.2) is 0 Å². The summed E-state index contributed by atoms with van der Waals surface area (Å²) in [5.41, 5.74) is 2.59. The minimum absolute atomic E-state index is 0.0410. The highest BCUT2D eigenvalue weighted by Crippen LogP contribution is 2.29. The van der Waals surface area contributed by atoms with Gasteiger partial charge in [0, 0.05) is 51.1 Å². The van der Waals surface area contributed by atoms with Crippen molar-refractivity contribution in [3.8, 4) is 0 Å². The Morgan fingerprint density at radius 3 is 2.81 bits per heavy atom. The summed E-state index contributed by atoms with van der Waals surface area (Å²) < 4.78 is 0. The molecule has 0 aromatic carbocycles. The van der Waals surface area contributed by atoms with Crippen molar-refractivity contribution in [2.24, 2.45) is 0 Å². The normalized spacial score (nSPS) is 19.0. The number of rotatable bonds is 5. The molecule has 0 unspecified atom stereocenters. The number of H-pyrrole nitrogens is 1. The van der Waals surface area contributed by atoms with E-state index >= 15 is 0 Å². The van der Waals surface area contributed by atoms with E-state index in [2.05, 4.69) is 20.2 Å². The number of pyridine rings is 1. The van der Waals surface area contributed by atoms with Crippen LogP contribution in [0.1, 0.15) is 54.9 Å². The van der Waals surface area contributed by atoms with Gasteiger partial charge >= 0.3 is 0 Å². The molecule has 4 rings (SSSR count). The molecule has 2 aromatic heterocycles. The number of piperidine rings is 1. The molecule has 0 radical (unpaired) electrons. The van der Waals surface area contributed by atoms with Gasteiger partial charge < -0.3 is 15.2 Å². The Hall–Kier alpha value is -3.07. The lowest BCUT2D eigenvalue weighted by molar-refractivity contribution is -0.136. The lowest BCUT2D eigenvalue weighted by Crippen LogP contribution is -2.45. The average molecular weight is 425 g/mol. The van der Waals surface area contributed by atoms with Gasteiger partial charge in [0.2, 0.25) is 11.8 Å². The number of nitrogens with one attached hydrogen (secondary N) is 2. The standard InChI is InChI=1S/C22H28N6O3/c1-15(29)24-12-20(30)28-10-3-2-4-19(28)21-25-18-14-27(11-7-17(18)22(31)26-21)13-16-5-8-23-9-6-16/h5-6,8-9,19H,2-4,7,10-14H2,1H3,(H,24,29)(H,25,26,31)/t19-/m0/s1. The summed E-state index contributed by atoms with van der Waals surface area (Å²) in [5.74, 6) is 0.154. The zero-order valence-electron chi connectivity index (χ0n) is 17.8. The summed E-state index contributed by atoms with van der Waals surface area (Å²) >= 11 is 0. The molecular weight excluding hydrogens is 396 g/mol. The summed E-state index contributed by atoms with van der Waals surface area (Å²) in [6, 6.07) is 3.71. The number of nitrogens with zero attached hydrogens (tertiary/aromatic N) is 4. The maximum absolute atomic E-state index is 12.8. The molecule has 0 saturated carbocycles. The lowest BCUT2D eigenvalue weighted by Gasteiger charge is -2.36. The molecular formula is C22H28N6O3. The van der Waals surface area contributed by atoms with E-state index < -0.39 is 0 Å². The second-order valence-electron chi connectivity index (χ2n) is 8.20. The molecule has 2 aliphatic heterocycles. The first-order chi connectivity index (χ1) is 15.0. The molecule has 1 fully saturated rings. The highest BCUT2D eigenvalue weighted by Gasteiger charge is 2.31. The third kappa shape index (κ3) is 4.99. The first kappa shape index (κ1) is 21.2. The number of hydrogen-bond donors (Lipinski definition) is 2. The Morgan fingerprint density at radius 2 is 2.03 bits per heavy atom. The van der Waals surface area contributed by atoms with Crippen LogP contribution in [0.2, 0.25) is 0 Å². The van der Waals surface area contributed by atoms with Crippen LogP contribution in [0.15, 0.2) is 29.3 Å². The van der Waals surface area contributed by atoms with Gasteiger partial charge in [0.1, 0.15) is 5.82 Å². The van der Waals surface area contributed by atoms with Gasteiger partial charge in [-0.3, -0.25) is 24.3 Å². The molecule has 31 heavy (non-hydrogen) atoms. The van der Waals surface area contributed by atoms with Gasteiger partial charge in [-0.1, -0.05) is 0 Å². The molecule has 2 aliphatic rings. The van der Waals surface area contributed by atoms with Crippen LogP contribution in [0.25, 0.3) is 0 Å². The van der Waals surface area contributed by atoms with Crippen LogP contribution in [-0.2, 0) is 29.1 Å². The van der Waals surface area contributed by atoms with Crippen LogP contribution < -0.4 is 10.9 Å². The summed E-state index contributed by atoms with van der Waals surface area (Å²) in [7, 11) is 0. The molecule has 2 amide bonds. The van der Waals surface area contributed by atoms with Crippen LogP contribution in [0.4, 0.5) is 0 Å². The summed E-state index contributed by atoms with van der Waals surface area (Å²) in [5, 5.41) is 2.57. The minimum atomic E-state index is -0.274. The van der Waals surface area contributed by atoms with Crippen molar-refractivity contribution < 1.29 is 9.59 Å². The Bertz CT molecular complexity index is 1010. The number of likely N-dealkylation sites (tertiary alicyclic amines) is 1. The number of aromatic nitrogens is 3. The first-order valence-corrected chi connectivity index (χ1v) is 10.8. The van der Waals surface area contributed by atoms with Crippen molar-refractivity contribution in [2.75, 3.05) is 19.6 Å². The van der Waals surface area contributed by atoms with Crippen molar-refractivity contribution in [1.82, 2.24) is 30.1 Å². The van der Waals surface area contributed by atoms with Crippen LogP contribution in [0.5, 0.6) is 0 Å². The van der Waals surface area contributed by atoms with E-state index in [9.17, 15) is 14.4 Å². The second-order valence-corrected chi connectivity index (χ2v) is 8.20. The number of carbonyl (C=O) groups is 2. The molecule has 1 saturated heterocycles. The van der Waals surface area contributed by atoms with Crippen LogP contribution in [0.3, 0.4) is 0 Å². The monoisotopic (exact) mass is 424 g/mol. The smallest absolute Gasteiger partial charge is 0.254 e. The SMILES string of the molecule is CC(=O)NCC(=O)N1CCCC[C@H]1c1nc2c(c(=O)[nH]1)CCN(Cc1ccncc1)C2. The van der Waals surface area contributed by atoms with Gasteiger partial charge in [-0.05, 0) is 43.4 Å². The van der Waals surface area contributed by atoms with E-state index in [1.54, 1.807) is 17.3 Å². The van der Waals surface area contributed by atoms with Gasteiger partial charge in [0.25, 0.3) is 5.56 Å². The van der Waals surface area contributed by atoms with Crippen molar-refractivity contribution in [3.63, 3.8) is 0 Å². The van der Waals surface area contributed by atoms with Crippen molar-refractivity contribution in [3.05, 3.63) is 57.5 Å². The van der Waals surface area contributed by atoms with Gasteiger partial charge in [-0.2, -0.15) is 0 Å². The quantitative estimate of drug-likeness (QED) is 0.738. The molecule has 0 aliphatic carbocycles. The fourth-order valence-electron chi connectivity index (χ4n) is 4.37. The molecule has 9 nitrogen and oxygen atoms in total. The zero-order valence-corrected chi connectivity index (χ0v) is 17.8. The molecule has 2 aromatic rings. The molecule has 9 heteroatoms. The van der Waals surface area contributed by atoms with Crippen LogP contribution in [-0.4, -0.2) is 56.2 Å². The Labute approximate surface area is 180 Å². The third-order valence-corrected chi connectivity index (χ3v) is 5.95.